The fraction of sp³-hybridized carbons (Fsp3) is 0.500. The Kier molecular flexibility index (Phi) is 6.96. The Balaban J connectivity index is 3.09. The van der Waals surface area contributed by atoms with E-state index in [2.05, 4.69) is 10.1 Å². The molecule has 9 heteroatoms. The number of aliphatic carboxylic acids is 1. The van der Waals surface area contributed by atoms with Crippen LogP contribution in [0.15, 0.2) is 18.2 Å². The smallest absolute Gasteiger partial charge is 0.408 e. The van der Waals surface area contributed by atoms with Crippen molar-refractivity contribution >= 4 is 12.1 Å². The van der Waals surface area contributed by atoms with Gasteiger partial charge in [0.25, 0.3) is 0 Å². The highest BCUT2D eigenvalue weighted by molar-refractivity contribution is 5.72. The molecule has 0 saturated carbocycles. The molecule has 25 heavy (non-hydrogen) atoms. The molecule has 0 aromatic heterocycles. The van der Waals surface area contributed by atoms with Gasteiger partial charge in [-0.3, -0.25) is 4.79 Å². The Hall–Kier alpha value is -2.58. The molecule has 1 aromatic carbocycles. The predicted molar refractivity (Wildman–Crippen MR) is 84.0 cm³/mol. The molecule has 0 aliphatic carbocycles. The molecule has 7 nitrogen and oxygen atoms in total. The highest BCUT2D eigenvalue weighted by atomic mass is 19.3. The average molecular weight is 361 g/mol. The quantitative estimate of drug-likeness (QED) is 0.774. The Morgan fingerprint density at radius 2 is 1.88 bits per heavy atom. The van der Waals surface area contributed by atoms with E-state index in [9.17, 15) is 18.4 Å². The largest absolute Gasteiger partial charge is 0.493 e. The second-order valence-electron chi connectivity index (χ2n) is 6.09. The fourth-order valence-electron chi connectivity index (χ4n) is 1.97. The lowest BCUT2D eigenvalue weighted by Gasteiger charge is -2.23. The summed E-state index contributed by atoms with van der Waals surface area (Å²) in [5.41, 5.74) is -0.522. The van der Waals surface area contributed by atoms with Crippen LogP contribution in [0.5, 0.6) is 11.5 Å². The van der Waals surface area contributed by atoms with Crippen molar-refractivity contribution in [1.82, 2.24) is 5.32 Å². The van der Waals surface area contributed by atoms with Crippen molar-refractivity contribution in [3.63, 3.8) is 0 Å². The molecule has 0 radical (unpaired) electrons. The number of ether oxygens (including phenoxy) is 3. The number of alkyl carbamates (subject to hydrolysis) is 1. The Bertz CT molecular complexity index is 615. The number of carboxylic acids is 1. The minimum absolute atomic E-state index is 0.0513. The number of hydrogen-bond donors (Lipinski definition) is 2. The molecule has 1 rings (SSSR count). The zero-order valence-corrected chi connectivity index (χ0v) is 14.3. The molecule has 0 aliphatic rings. The van der Waals surface area contributed by atoms with Gasteiger partial charge in [0.1, 0.15) is 5.60 Å². The van der Waals surface area contributed by atoms with Crippen LogP contribution in [0.25, 0.3) is 0 Å². The number of hydrogen-bond acceptors (Lipinski definition) is 5. The van der Waals surface area contributed by atoms with Gasteiger partial charge in [0.05, 0.1) is 19.6 Å². The molecule has 1 atom stereocenters. The summed E-state index contributed by atoms with van der Waals surface area (Å²) >= 11 is 0. The van der Waals surface area contributed by atoms with Gasteiger partial charge >= 0.3 is 18.7 Å². The lowest BCUT2D eigenvalue weighted by molar-refractivity contribution is -0.137. The minimum atomic E-state index is -3.08. The van der Waals surface area contributed by atoms with Crippen molar-refractivity contribution in [2.75, 3.05) is 7.11 Å². The van der Waals surface area contributed by atoms with Gasteiger partial charge in [0, 0.05) is 0 Å². The van der Waals surface area contributed by atoms with E-state index in [0.29, 0.717) is 0 Å². The summed E-state index contributed by atoms with van der Waals surface area (Å²) in [5.74, 6) is -1.40. The third-order valence-electron chi connectivity index (χ3n) is 2.88. The SMILES string of the molecule is COc1ccc([C@@H](CC(=O)O)NC(=O)OC(C)(C)C)cc1OC(F)F. The normalized spacial score (nSPS) is 12.4. The Morgan fingerprint density at radius 1 is 1.24 bits per heavy atom. The predicted octanol–water partition coefficient (Wildman–Crippen LogP) is 3.34. The van der Waals surface area contributed by atoms with E-state index in [-0.39, 0.29) is 17.1 Å². The first-order chi connectivity index (χ1) is 11.5. The highest BCUT2D eigenvalue weighted by Crippen LogP contribution is 2.32. The lowest BCUT2D eigenvalue weighted by Crippen LogP contribution is -2.35. The van der Waals surface area contributed by atoms with E-state index in [1.165, 1.54) is 25.3 Å². The monoisotopic (exact) mass is 361 g/mol. The van der Waals surface area contributed by atoms with Gasteiger partial charge in [-0.2, -0.15) is 8.78 Å². The maximum atomic E-state index is 12.5. The van der Waals surface area contributed by atoms with Crippen molar-refractivity contribution in [3.05, 3.63) is 23.8 Å². The third-order valence-corrected chi connectivity index (χ3v) is 2.88. The van der Waals surface area contributed by atoms with Crippen LogP contribution in [0.1, 0.15) is 38.8 Å². The fourth-order valence-corrected chi connectivity index (χ4v) is 1.97. The van der Waals surface area contributed by atoms with Gasteiger partial charge in [-0.25, -0.2) is 4.79 Å². The molecule has 0 spiro atoms. The molecule has 1 amide bonds. The van der Waals surface area contributed by atoms with Gasteiger partial charge in [0.2, 0.25) is 0 Å². The maximum Gasteiger partial charge on any atom is 0.408 e. The average Bonchev–Trinajstić information content (AvgIpc) is 2.43. The van der Waals surface area contributed by atoms with Gasteiger partial charge in [-0.1, -0.05) is 6.07 Å². The Labute approximate surface area is 143 Å². The van der Waals surface area contributed by atoms with Crippen molar-refractivity contribution in [1.29, 1.82) is 0 Å². The van der Waals surface area contributed by atoms with E-state index in [1.807, 2.05) is 0 Å². The van der Waals surface area contributed by atoms with Crippen LogP contribution in [0.2, 0.25) is 0 Å². The molecule has 2 N–H and O–H groups in total. The van der Waals surface area contributed by atoms with Crippen LogP contribution in [0, 0.1) is 0 Å². The summed E-state index contributed by atoms with van der Waals surface area (Å²) in [6, 6.07) is 2.98. The second-order valence-corrected chi connectivity index (χ2v) is 6.09. The van der Waals surface area contributed by atoms with Crippen molar-refractivity contribution in [2.24, 2.45) is 0 Å². The van der Waals surface area contributed by atoms with E-state index in [4.69, 9.17) is 14.6 Å². The summed E-state index contributed by atoms with van der Waals surface area (Å²) in [4.78, 5) is 23.0. The van der Waals surface area contributed by atoms with Crippen LogP contribution < -0.4 is 14.8 Å². The molecule has 0 unspecified atom stereocenters. The zero-order chi connectivity index (χ0) is 19.2. The van der Waals surface area contributed by atoms with E-state index < -0.39 is 36.7 Å². The third kappa shape index (κ3) is 7.23. The van der Waals surface area contributed by atoms with Crippen molar-refractivity contribution in [3.8, 4) is 11.5 Å². The number of amides is 1. The van der Waals surface area contributed by atoms with E-state index in [1.54, 1.807) is 20.8 Å². The standard InChI is InChI=1S/C16H21F2NO6/c1-16(2,3)25-15(22)19-10(8-13(20)21)9-5-6-11(23-4)12(7-9)24-14(17)18/h5-7,10,14H,8H2,1-4H3,(H,19,22)(H,20,21)/t10-/m1/s1. The molecule has 0 saturated heterocycles. The van der Waals surface area contributed by atoms with Gasteiger partial charge in [-0.15, -0.1) is 0 Å². The number of carbonyl (C=O) groups is 2. The number of benzene rings is 1. The summed E-state index contributed by atoms with van der Waals surface area (Å²) in [7, 11) is 1.28. The molecule has 0 bridgehead atoms. The first-order valence-corrected chi connectivity index (χ1v) is 7.36. The van der Waals surface area contributed by atoms with Gasteiger partial charge in [0.15, 0.2) is 11.5 Å². The summed E-state index contributed by atoms with van der Waals surface area (Å²) in [6.45, 7) is 1.88. The second kappa shape index (κ2) is 8.50. The number of carbonyl (C=O) groups excluding carboxylic acids is 1. The number of nitrogens with one attached hydrogen (secondary N) is 1. The Morgan fingerprint density at radius 3 is 2.36 bits per heavy atom. The van der Waals surface area contributed by atoms with Crippen molar-refractivity contribution in [2.45, 2.75) is 45.4 Å². The zero-order valence-electron chi connectivity index (χ0n) is 14.3. The molecule has 0 heterocycles. The number of methoxy groups -OCH3 is 1. The number of alkyl halides is 2. The van der Waals surface area contributed by atoms with E-state index >= 15 is 0 Å². The van der Waals surface area contributed by atoms with Crippen LogP contribution in [-0.2, 0) is 9.53 Å². The molecular formula is C16H21F2NO6. The van der Waals surface area contributed by atoms with Crippen molar-refractivity contribution < 1.29 is 37.7 Å². The first-order valence-electron chi connectivity index (χ1n) is 7.36. The number of rotatable bonds is 7. The molecule has 0 fully saturated rings. The summed E-state index contributed by atoms with van der Waals surface area (Å²) in [5, 5.41) is 11.5. The minimum Gasteiger partial charge on any atom is -0.493 e. The lowest BCUT2D eigenvalue weighted by atomic mass is 10.0. The molecule has 1 aromatic rings. The molecule has 140 valence electrons. The van der Waals surface area contributed by atoms with Crippen LogP contribution in [-0.4, -0.2) is 36.5 Å². The highest BCUT2D eigenvalue weighted by Gasteiger charge is 2.24. The van der Waals surface area contributed by atoms with Gasteiger partial charge < -0.3 is 24.6 Å². The van der Waals surface area contributed by atoms with Crippen LogP contribution >= 0.6 is 0 Å². The summed E-state index contributed by atoms with van der Waals surface area (Å²) in [6.07, 6.45) is -1.30. The number of halogens is 2. The molecule has 0 aliphatic heterocycles. The first kappa shape index (κ1) is 20.5. The topological polar surface area (TPSA) is 94.1 Å². The van der Waals surface area contributed by atoms with E-state index in [0.717, 1.165) is 0 Å². The number of carboxylic acid groups (broad SMARTS) is 1. The molecular weight excluding hydrogens is 340 g/mol. The van der Waals surface area contributed by atoms with Crippen LogP contribution in [0.3, 0.4) is 0 Å². The summed E-state index contributed by atoms with van der Waals surface area (Å²) < 4.78 is 39.4. The van der Waals surface area contributed by atoms with Crippen LogP contribution in [0.4, 0.5) is 13.6 Å². The maximum absolute atomic E-state index is 12.5. The van der Waals surface area contributed by atoms with Gasteiger partial charge in [-0.05, 0) is 38.5 Å².